The quantitative estimate of drug-likeness (QED) is 0.500. The van der Waals surface area contributed by atoms with Gasteiger partial charge in [-0.15, -0.1) is 0 Å². The summed E-state index contributed by atoms with van der Waals surface area (Å²) in [6, 6.07) is 10.1. The highest BCUT2D eigenvalue weighted by Crippen LogP contribution is 2.21. The molecular formula is C14H16O. The molecule has 2 rings (SSSR count). The van der Waals surface area contributed by atoms with E-state index in [1.807, 2.05) is 36.4 Å². The molecule has 1 heteroatoms. The first kappa shape index (κ1) is 10.2. The Hall–Kier alpha value is -1.37. The first-order valence-electron chi connectivity index (χ1n) is 5.65. The molecule has 0 saturated heterocycles. The summed E-state index contributed by atoms with van der Waals surface area (Å²) >= 11 is 0. The number of hydrogen-bond acceptors (Lipinski definition) is 1. The molecule has 78 valence electrons. The Morgan fingerprint density at radius 3 is 2.47 bits per heavy atom. The van der Waals surface area contributed by atoms with Crippen LogP contribution in [0.15, 0.2) is 35.9 Å². The van der Waals surface area contributed by atoms with Crippen LogP contribution < -0.4 is 0 Å². The van der Waals surface area contributed by atoms with Crippen LogP contribution in [0.2, 0.25) is 0 Å². The molecule has 0 N–H and O–H groups in total. The molecule has 1 saturated carbocycles. The van der Waals surface area contributed by atoms with E-state index in [1.54, 1.807) is 0 Å². The number of Topliss-reactive ketones (excluding diaryl/α,β-unsaturated/α-hetero) is 1. The maximum absolute atomic E-state index is 11.8. The van der Waals surface area contributed by atoms with Crippen molar-refractivity contribution in [2.45, 2.75) is 32.1 Å². The van der Waals surface area contributed by atoms with E-state index in [4.69, 9.17) is 0 Å². The molecule has 0 bridgehead atoms. The van der Waals surface area contributed by atoms with Gasteiger partial charge in [0.05, 0.1) is 0 Å². The largest absolute Gasteiger partial charge is 0.295 e. The van der Waals surface area contributed by atoms with Crippen LogP contribution in [0, 0.1) is 0 Å². The molecule has 0 aromatic heterocycles. The van der Waals surface area contributed by atoms with Crippen molar-refractivity contribution in [3.8, 4) is 0 Å². The molecule has 0 radical (unpaired) electrons. The van der Waals surface area contributed by atoms with Crippen LogP contribution in [0.5, 0.6) is 0 Å². The van der Waals surface area contributed by atoms with Crippen LogP contribution in [0.3, 0.4) is 0 Å². The van der Waals surface area contributed by atoms with Gasteiger partial charge in [0, 0.05) is 6.42 Å². The van der Waals surface area contributed by atoms with E-state index in [2.05, 4.69) is 0 Å². The number of carbonyl (C=O) groups is 1. The zero-order valence-electron chi connectivity index (χ0n) is 8.91. The second-order valence-corrected chi connectivity index (χ2v) is 4.06. The average Bonchev–Trinajstić information content (AvgIpc) is 2.46. The Labute approximate surface area is 90.8 Å². The van der Waals surface area contributed by atoms with Gasteiger partial charge in [-0.2, -0.15) is 0 Å². The second kappa shape index (κ2) is 4.92. The minimum atomic E-state index is 0.344. The van der Waals surface area contributed by atoms with Crippen molar-refractivity contribution in [1.82, 2.24) is 0 Å². The van der Waals surface area contributed by atoms with Crippen molar-refractivity contribution >= 4 is 11.9 Å². The fourth-order valence-electron chi connectivity index (χ4n) is 1.98. The summed E-state index contributed by atoms with van der Waals surface area (Å²) in [7, 11) is 0. The molecule has 1 nitrogen and oxygen atoms in total. The molecule has 0 atom stereocenters. The van der Waals surface area contributed by atoms with Gasteiger partial charge in [-0.1, -0.05) is 36.8 Å². The first-order valence-corrected chi connectivity index (χ1v) is 5.65. The second-order valence-electron chi connectivity index (χ2n) is 4.06. The molecule has 0 aliphatic heterocycles. The van der Waals surface area contributed by atoms with Crippen LogP contribution in [0.25, 0.3) is 6.08 Å². The van der Waals surface area contributed by atoms with E-state index in [9.17, 15) is 4.79 Å². The Kier molecular flexibility index (Phi) is 3.33. The number of hydrogen-bond donors (Lipinski definition) is 0. The van der Waals surface area contributed by atoms with Crippen LogP contribution in [0.1, 0.15) is 37.7 Å². The Balaban J connectivity index is 2.20. The summed E-state index contributed by atoms with van der Waals surface area (Å²) in [5, 5.41) is 0. The molecule has 1 fully saturated rings. The van der Waals surface area contributed by atoms with Gasteiger partial charge in [0.2, 0.25) is 0 Å². The summed E-state index contributed by atoms with van der Waals surface area (Å²) in [5.74, 6) is 0.344. The predicted octanol–water partition coefficient (Wildman–Crippen LogP) is 3.60. The van der Waals surface area contributed by atoms with E-state index in [0.717, 1.165) is 36.8 Å². The van der Waals surface area contributed by atoms with Crippen molar-refractivity contribution in [3.63, 3.8) is 0 Å². The molecule has 1 aliphatic carbocycles. The smallest absolute Gasteiger partial charge is 0.158 e. The van der Waals surface area contributed by atoms with E-state index >= 15 is 0 Å². The summed E-state index contributed by atoms with van der Waals surface area (Å²) < 4.78 is 0. The van der Waals surface area contributed by atoms with Crippen molar-refractivity contribution in [3.05, 3.63) is 41.5 Å². The van der Waals surface area contributed by atoms with Gasteiger partial charge in [-0.3, -0.25) is 4.79 Å². The van der Waals surface area contributed by atoms with Gasteiger partial charge in [0.15, 0.2) is 5.78 Å². The molecule has 0 spiro atoms. The summed E-state index contributed by atoms with van der Waals surface area (Å²) in [6.07, 6.45) is 7.15. The molecule has 15 heavy (non-hydrogen) atoms. The van der Waals surface area contributed by atoms with Gasteiger partial charge in [-0.05, 0) is 36.5 Å². The molecule has 0 heterocycles. The zero-order chi connectivity index (χ0) is 10.5. The Bertz CT molecular complexity index is 362. The summed E-state index contributed by atoms with van der Waals surface area (Å²) in [4.78, 5) is 11.8. The SMILES string of the molecule is O=C1CCCCCC1=Cc1ccccc1. The van der Waals surface area contributed by atoms with Crippen molar-refractivity contribution in [1.29, 1.82) is 0 Å². The Morgan fingerprint density at radius 2 is 1.67 bits per heavy atom. The van der Waals surface area contributed by atoms with E-state index in [0.29, 0.717) is 5.78 Å². The normalized spacial score (nSPS) is 20.3. The van der Waals surface area contributed by atoms with Gasteiger partial charge < -0.3 is 0 Å². The van der Waals surface area contributed by atoms with Gasteiger partial charge >= 0.3 is 0 Å². The van der Waals surface area contributed by atoms with Crippen molar-refractivity contribution in [2.75, 3.05) is 0 Å². The maximum Gasteiger partial charge on any atom is 0.158 e. The number of ketones is 1. The lowest BCUT2D eigenvalue weighted by molar-refractivity contribution is -0.115. The highest BCUT2D eigenvalue weighted by atomic mass is 16.1. The van der Waals surface area contributed by atoms with E-state index in [1.165, 1.54) is 6.42 Å². The van der Waals surface area contributed by atoms with Crippen LogP contribution in [0.4, 0.5) is 0 Å². The first-order chi connectivity index (χ1) is 7.36. The fraction of sp³-hybridized carbons (Fsp3) is 0.357. The van der Waals surface area contributed by atoms with Crippen LogP contribution >= 0.6 is 0 Å². The predicted molar refractivity (Wildman–Crippen MR) is 62.5 cm³/mol. The van der Waals surface area contributed by atoms with Crippen molar-refractivity contribution < 1.29 is 4.79 Å². The molecule has 1 aromatic carbocycles. The third kappa shape index (κ3) is 2.79. The number of benzene rings is 1. The Morgan fingerprint density at radius 1 is 0.933 bits per heavy atom. The van der Waals surface area contributed by atoms with E-state index in [-0.39, 0.29) is 0 Å². The lowest BCUT2D eigenvalue weighted by Gasteiger charge is -2.01. The molecule has 0 unspecified atom stereocenters. The molecule has 1 aromatic rings. The third-order valence-corrected chi connectivity index (χ3v) is 2.85. The third-order valence-electron chi connectivity index (χ3n) is 2.85. The van der Waals surface area contributed by atoms with E-state index < -0.39 is 0 Å². The highest BCUT2D eigenvalue weighted by Gasteiger charge is 2.12. The number of rotatable bonds is 1. The monoisotopic (exact) mass is 200 g/mol. The van der Waals surface area contributed by atoms with Crippen molar-refractivity contribution in [2.24, 2.45) is 0 Å². The van der Waals surface area contributed by atoms with Gasteiger partial charge in [-0.25, -0.2) is 0 Å². The highest BCUT2D eigenvalue weighted by molar-refractivity contribution is 5.99. The lowest BCUT2D eigenvalue weighted by atomic mass is 10.0. The summed E-state index contributed by atoms with van der Waals surface area (Å²) in [6.45, 7) is 0. The minimum Gasteiger partial charge on any atom is -0.295 e. The maximum atomic E-state index is 11.8. The molecule has 0 amide bonds. The minimum absolute atomic E-state index is 0.344. The topological polar surface area (TPSA) is 17.1 Å². The van der Waals surface area contributed by atoms with Gasteiger partial charge in [0.1, 0.15) is 0 Å². The average molecular weight is 200 g/mol. The van der Waals surface area contributed by atoms with Crippen LogP contribution in [-0.2, 0) is 4.79 Å². The molecule has 1 aliphatic rings. The number of allylic oxidation sites excluding steroid dienone is 1. The van der Waals surface area contributed by atoms with Crippen LogP contribution in [-0.4, -0.2) is 5.78 Å². The standard InChI is InChI=1S/C14H16O/c15-14-10-6-2-5-9-13(14)11-12-7-3-1-4-8-12/h1,3-4,7-8,11H,2,5-6,9-10H2. The number of carbonyl (C=O) groups excluding carboxylic acids is 1. The molecular weight excluding hydrogens is 184 g/mol. The lowest BCUT2D eigenvalue weighted by Crippen LogP contribution is -1.98. The fourth-order valence-corrected chi connectivity index (χ4v) is 1.98. The summed E-state index contributed by atoms with van der Waals surface area (Å²) in [5.41, 5.74) is 2.15. The zero-order valence-corrected chi connectivity index (χ0v) is 8.91. The van der Waals surface area contributed by atoms with Gasteiger partial charge in [0.25, 0.3) is 0 Å².